The van der Waals surface area contributed by atoms with Gasteiger partial charge in [0, 0.05) is 22.2 Å². The van der Waals surface area contributed by atoms with E-state index in [1.165, 1.54) is 0 Å². The van der Waals surface area contributed by atoms with E-state index < -0.39 is 11.6 Å². The van der Waals surface area contributed by atoms with Gasteiger partial charge in [0.15, 0.2) is 0 Å². The van der Waals surface area contributed by atoms with Crippen molar-refractivity contribution in [2.45, 2.75) is 31.4 Å². The first-order valence-corrected chi connectivity index (χ1v) is 7.35. The number of amides is 1. The Balaban J connectivity index is 1.98. The van der Waals surface area contributed by atoms with Crippen molar-refractivity contribution in [1.29, 1.82) is 0 Å². The van der Waals surface area contributed by atoms with Crippen molar-refractivity contribution < 1.29 is 9.90 Å². The minimum atomic E-state index is -0.926. The van der Waals surface area contributed by atoms with Crippen LogP contribution in [0.1, 0.15) is 31.4 Å². The summed E-state index contributed by atoms with van der Waals surface area (Å²) < 4.78 is 0. The average Bonchev–Trinajstić information content (AvgIpc) is 2.84. The van der Waals surface area contributed by atoms with Gasteiger partial charge in [-0.2, -0.15) is 0 Å². The topological polar surface area (TPSA) is 61.4 Å². The predicted molar refractivity (Wildman–Crippen MR) is 80.1 cm³/mol. The Hall–Kier alpha value is -0.810. The summed E-state index contributed by atoms with van der Waals surface area (Å²) in [6.45, 7) is 2.78. The summed E-state index contributed by atoms with van der Waals surface area (Å²) in [6.07, 6.45) is 0.843. The van der Waals surface area contributed by atoms with Crippen LogP contribution in [0.5, 0.6) is 0 Å². The maximum absolute atomic E-state index is 12.1. The van der Waals surface area contributed by atoms with Crippen LogP contribution in [-0.4, -0.2) is 29.6 Å². The molecule has 2 unspecified atom stereocenters. The van der Waals surface area contributed by atoms with Gasteiger partial charge in [0.05, 0.1) is 11.6 Å². The summed E-state index contributed by atoms with van der Waals surface area (Å²) in [4.78, 5) is 12.1. The number of hydrogen-bond donors (Lipinski definition) is 3. The molecule has 1 aromatic rings. The Morgan fingerprint density at radius 2 is 2.15 bits per heavy atom. The van der Waals surface area contributed by atoms with Crippen molar-refractivity contribution in [1.82, 2.24) is 10.6 Å². The highest BCUT2D eigenvalue weighted by Crippen LogP contribution is 2.30. The third-order valence-electron chi connectivity index (χ3n) is 3.66. The van der Waals surface area contributed by atoms with Gasteiger partial charge in [0.25, 0.3) is 0 Å². The summed E-state index contributed by atoms with van der Waals surface area (Å²) in [5.41, 5.74) is -0.107. The van der Waals surface area contributed by atoms with E-state index in [1.54, 1.807) is 18.2 Å². The van der Waals surface area contributed by atoms with Gasteiger partial charge in [-0.15, -0.1) is 0 Å². The molecule has 0 aliphatic carbocycles. The number of aliphatic hydroxyl groups excluding tert-OH is 1. The molecule has 0 saturated carbocycles. The number of aliphatic hydroxyl groups is 1. The fourth-order valence-electron chi connectivity index (χ4n) is 2.40. The zero-order chi connectivity index (χ0) is 14.8. The molecule has 1 fully saturated rings. The van der Waals surface area contributed by atoms with Gasteiger partial charge >= 0.3 is 0 Å². The van der Waals surface area contributed by atoms with Crippen LogP contribution in [-0.2, 0) is 4.79 Å². The summed E-state index contributed by atoms with van der Waals surface area (Å²) in [7, 11) is 0. The molecular weight excluding hydrogens is 299 g/mol. The smallest absolute Gasteiger partial charge is 0.240 e. The molecule has 2 rings (SSSR count). The number of halogens is 2. The largest absolute Gasteiger partial charge is 0.386 e. The molecule has 0 aromatic heterocycles. The Labute approximate surface area is 128 Å². The molecule has 1 amide bonds. The second-order valence-electron chi connectivity index (χ2n) is 5.22. The van der Waals surface area contributed by atoms with Gasteiger partial charge in [0.2, 0.25) is 5.91 Å². The number of benzene rings is 1. The van der Waals surface area contributed by atoms with Crippen molar-refractivity contribution in [3.8, 4) is 0 Å². The minimum Gasteiger partial charge on any atom is -0.386 e. The van der Waals surface area contributed by atoms with Gasteiger partial charge in [-0.25, -0.2) is 0 Å². The highest BCUT2D eigenvalue weighted by atomic mass is 35.5. The Kier molecular flexibility index (Phi) is 4.91. The van der Waals surface area contributed by atoms with Crippen molar-refractivity contribution in [3.63, 3.8) is 0 Å². The fourth-order valence-corrected chi connectivity index (χ4v) is 3.05. The van der Waals surface area contributed by atoms with Gasteiger partial charge in [-0.3, -0.25) is 4.79 Å². The Morgan fingerprint density at radius 3 is 2.70 bits per heavy atom. The number of carbonyl (C=O) groups excluding carboxylic acids is 1. The first-order valence-electron chi connectivity index (χ1n) is 6.59. The van der Waals surface area contributed by atoms with Crippen molar-refractivity contribution in [2.24, 2.45) is 0 Å². The number of nitrogens with one attached hydrogen (secondary N) is 2. The summed E-state index contributed by atoms with van der Waals surface area (Å²) in [6, 6.07) is 5.03. The molecule has 0 radical (unpaired) electrons. The lowest BCUT2D eigenvalue weighted by molar-refractivity contribution is -0.127. The van der Waals surface area contributed by atoms with Gasteiger partial charge < -0.3 is 15.7 Å². The summed E-state index contributed by atoms with van der Waals surface area (Å²) >= 11 is 12.0. The molecule has 2 atom stereocenters. The molecule has 1 aliphatic rings. The average molecular weight is 317 g/mol. The predicted octanol–water partition coefficient (Wildman–Crippen LogP) is 2.29. The van der Waals surface area contributed by atoms with Crippen LogP contribution in [0.25, 0.3) is 0 Å². The SMILES string of the molecule is CC1(C(=O)NCC(O)c2c(Cl)cccc2Cl)CCCN1. The third kappa shape index (κ3) is 3.26. The van der Waals surface area contributed by atoms with E-state index in [2.05, 4.69) is 10.6 Å². The van der Waals surface area contributed by atoms with E-state index in [0.29, 0.717) is 15.6 Å². The van der Waals surface area contributed by atoms with Crippen LogP contribution < -0.4 is 10.6 Å². The first kappa shape index (κ1) is 15.6. The minimum absolute atomic E-state index is 0.0829. The van der Waals surface area contributed by atoms with Crippen LogP contribution in [0.2, 0.25) is 10.0 Å². The molecule has 3 N–H and O–H groups in total. The van der Waals surface area contributed by atoms with Crippen LogP contribution in [0.3, 0.4) is 0 Å². The molecule has 6 heteroatoms. The van der Waals surface area contributed by atoms with E-state index in [-0.39, 0.29) is 12.5 Å². The summed E-state index contributed by atoms with van der Waals surface area (Å²) in [5, 5.41) is 16.9. The van der Waals surface area contributed by atoms with E-state index in [0.717, 1.165) is 19.4 Å². The highest BCUT2D eigenvalue weighted by Gasteiger charge is 2.35. The second kappa shape index (κ2) is 6.31. The quantitative estimate of drug-likeness (QED) is 0.798. The zero-order valence-corrected chi connectivity index (χ0v) is 12.8. The molecule has 0 bridgehead atoms. The van der Waals surface area contributed by atoms with Crippen LogP contribution in [0.4, 0.5) is 0 Å². The molecule has 0 spiro atoms. The van der Waals surface area contributed by atoms with E-state index in [1.807, 2.05) is 6.92 Å². The zero-order valence-electron chi connectivity index (χ0n) is 11.2. The molecule has 1 heterocycles. The second-order valence-corrected chi connectivity index (χ2v) is 6.04. The van der Waals surface area contributed by atoms with Crippen LogP contribution in [0, 0.1) is 0 Å². The van der Waals surface area contributed by atoms with E-state index >= 15 is 0 Å². The fraction of sp³-hybridized carbons (Fsp3) is 0.500. The Bertz CT molecular complexity index is 482. The lowest BCUT2D eigenvalue weighted by Gasteiger charge is -2.24. The first-order chi connectivity index (χ1) is 9.44. The number of carbonyl (C=O) groups is 1. The molecule has 1 saturated heterocycles. The van der Waals surface area contributed by atoms with E-state index in [4.69, 9.17) is 23.2 Å². The third-order valence-corrected chi connectivity index (χ3v) is 4.32. The van der Waals surface area contributed by atoms with Gasteiger partial charge in [-0.05, 0) is 38.4 Å². The maximum atomic E-state index is 12.1. The van der Waals surface area contributed by atoms with Crippen molar-refractivity contribution in [2.75, 3.05) is 13.1 Å². The Morgan fingerprint density at radius 1 is 1.50 bits per heavy atom. The molecule has 1 aromatic carbocycles. The molecule has 20 heavy (non-hydrogen) atoms. The number of rotatable bonds is 4. The van der Waals surface area contributed by atoms with Gasteiger partial charge in [-0.1, -0.05) is 29.3 Å². The molecular formula is C14H18Cl2N2O2. The van der Waals surface area contributed by atoms with E-state index in [9.17, 15) is 9.90 Å². The van der Waals surface area contributed by atoms with Crippen molar-refractivity contribution >= 4 is 29.1 Å². The van der Waals surface area contributed by atoms with Crippen molar-refractivity contribution in [3.05, 3.63) is 33.8 Å². The van der Waals surface area contributed by atoms with Gasteiger partial charge in [0.1, 0.15) is 0 Å². The maximum Gasteiger partial charge on any atom is 0.240 e. The standard InChI is InChI=1S/C14H18Cl2N2O2/c1-14(6-3-7-18-14)13(20)17-8-11(19)12-9(15)4-2-5-10(12)16/h2,4-5,11,18-19H,3,6-8H2,1H3,(H,17,20). The van der Waals surface area contributed by atoms with Crippen LogP contribution >= 0.6 is 23.2 Å². The molecule has 110 valence electrons. The number of hydrogen-bond acceptors (Lipinski definition) is 3. The highest BCUT2D eigenvalue weighted by molar-refractivity contribution is 6.36. The normalized spacial score (nSPS) is 23.6. The summed E-state index contributed by atoms with van der Waals surface area (Å²) in [5.74, 6) is -0.114. The molecule has 1 aliphatic heterocycles. The van der Waals surface area contributed by atoms with Crippen LogP contribution in [0.15, 0.2) is 18.2 Å². The monoisotopic (exact) mass is 316 g/mol. The lowest BCUT2D eigenvalue weighted by Crippen LogP contribution is -2.51. The molecule has 4 nitrogen and oxygen atoms in total. The lowest BCUT2D eigenvalue weighted by atomic mass is 9.99.